The molecule has 0 saturated carbocycles. The number of aliphatic hydroxyl groups excluding tert-OH is 1. The van der Waals surface area contributed by atoms with Crippen LogP contribution in [0.1, 0.15) is 33.6 Å². The summed E-state index contributed by atoms with van der Waals surface area (Å²) in [7, 11) is 3.08. The van der Waals surface area contributed by atoms with Gasteiger partial charge in [-0.15, -0.1) is 0 Å². The molecule has 0 aromatic heterocycles. The molecule has 0 heterocycles. The van der Waals surface area contributed by atoms with Gasteiger partial charge in [-0.05, 0) is 32.6 Å². The van der Waals surface area contributed by atoms with Crippen molar-refractivity contribution in [3.63, 3.8) is 0 Å². The highest BCUT2D eigenvalue weighted by atomic mass is 16.7. The summed E-state index contributed by atoms with van der Waals surface area (Å²) in [5.74, 6) is 0.172. The van der Waals surface area contributed by atoms with E-state index in [0.29, 0.717) is 0 Å². The first-order valence-electron chi connectivity index (χ1n) is 5.40. The van der Waals surface area contributed by atoms with E-state index in [9.17, 15) is 5.11 Å². The normalized spacial score (nSPS) is 15.1. The number of ether oxygens (including phenoxy) is 2. The van der Waals surface area contributed by atoms with E-state index >= 15 is 0 Å². The summed E-state index contributed by atoms with van der Waals surface area (Å²) in [4.78, 5) is 0. The van der Waals surface area contributed by atoms with Crippen LogP contribution in [0.15, 0.2) is 11.6 Å². The Morgan fingerprint density at radius 2 is 1.80 bits per heavy atom. The Kier molecular flexibility index (Phi) is 7.65. The van der Waals surface area contributed by atoms with Crippen molar-refractivity contribution in [3.8, 4) is 0 Å². The van der Waals surface area contributed by atoms with Gasteiger partial charge in [0.2, 0.25) is 0 Å². The molecule has 1 N–H and O–H groups in total. The molecule has 3 heteroatoms. The summed E-state index contributed by atoms with van der Waals surface area (Å²) in [5, 5.41) is 9.87. The van der Waals surface area contributed by atoms with Gasteiger partial charge in [-0.3, -0.25) is 0 Å². The highest BCUT2D eigenvalue weighted by Crippen LogP contribution is 2.16. The van der Waals surface area contributed by atoms with Crippen molar-refractivity contribution in [1.29, 1.82) is 0 Å². The lowest BCUT2D eigenvalue weighted by atomic mass is 9.98. The first kappa shape index (κ1) is 14.6. The van der Waals surface area contributed by atoms with E-state index < -0.39 is 12.4 Å². The van der Waals surface area contributed by atoms with Gasteiger partial charge in [0.1, 0.15) is 6.10 Å². The zero-order chi connectivity index (χ0) is 11.8. The van der Waals surface area contributed by atoms with Gasteiger partial charge in [0.25, 0.3) is 0 Å². The maximum atomic E-state index is 9.87. The van der Waals surface area contributed by atoms with E-state index in [1.165, 1.54) is 5.57 Å². The van der Waals surface area contributed by atoms with E-state index in [2.05, 4.69) is 19.9 Å². The molecule has 0 aromatic carbocycles. The average Bonchev–Trinajstić information content (AvgIpc) is 2.18. The minimum Gasteiger partial charge on any atom is -0.388 e. The second kappa shape index (κ2) is 7.85. The van der Waals surface area contributed by atoms with E-state index in [1.54, 1.807) is 14.2 Å². The van der Waals surface area contributed by atoms with Crippen LogP contribution in [-0.4, -0.2) is 31.7 Å². The Morgan fingerprint density at radius 1 is 1.27 bits per heavy atom. The quantitative estimate of drug-likeness (QED) is 0.524. The first-order valence-corrected chi connectivity index (χ1v) is 5.40. The molecule has 0 spiro atoms. The Balaban J connectivity index is 3.97. The van der Waals surface area contributed by atoms with Crippen molar-refractivity contribution in [2.75, 3.05) is 14.2 Å². The zero-order valence-electron chi connectivity index (χ0n) is 10.5. The van der Waals surface area contributed by atoms with Gasteiger partial charge in [0.05, 0.1) is 0 Å². The van der Waals surface area contributed by atoms with Crippen LogP contribution in [0.5, 0.6) is 0 Å². The summed E-state index contributed by atoms with van der Waals surface area (Å²) < 4.78 is 10.0. The summed E-state index contributed by atoms with van der Waals surface area (Å²) >= 11 is 0. The fourth-order valence-electron chi connectivity index (χ4n) is 1.45. The SMILES string of the molecule is COC(OC)C(O)C(C)CCC=C(C)C. The van der Waals surface area contributed by atoms with Crippen LogP contribution in [0.25, 0.3) is 0 Å². The Morgan fingerprint density at radius 3 is 2.20 bits per heavy atom. The molecule has 0 radical (unpaired) electrons. The lowest BCUT2D eigenvalue weighted by Gasteiger charge is -2.25. The molecule has 0 fully saturated rings. The third-order valence-corrected chi connectivity index (χ3v) is 2.50. The Hall–Kier alpha value is -0.380. The van der Waals surface area contributed by atoms with Gasteiger partial charge < -0.3 is 14.6 Å². The number of hydrogen-bond donors (Lipinski definition) is 1. The highest BCUT2D eigenvalue weighted by molar-refractivity contribution is 4.93. The van der Waals surface area contributed by atoms with Crippen LogP contribution in [0.2, 0.25) is 0 Å². The minimum absolute atomic E-state index is 0.172. The maximum Gasteiger partial charge on any atom is 0.182 e. The van der Waals surface area contributed by atoms with Crippen molar-refractivity contribution >= 4 is 0 Å². The van der Waals surface area contributed by atoms with Crippen molar-refractivity contribution in [2.24, 2.45) is 5.92 Å². The first-order chi connectivity index (χ1) is 7.02. The van der Waals surface area contributed by atoms with Gasteiger partial charge in [0.15, 0.2) is 6.29 Å². The van der Waals surface area contributed by atoms with Crippen molar-refractivity contribution in [3.05, 3.63) is 11.6 Å². The second-order valence-electron chi connectivity index (χ2n) is 4.17. The topological polar surface area (TPSA) is 38.7 Å². The van der Waals surface area contributed by atoms with Crippen LogP contribution in [0.3, 0.4) is 0 Å². The fraction of sp³-hybridized carbons (Fsp3) is 0.833. The van der Waals surface area contributed by atoms with Gasteiger partial charge in [0, 0.05) is 14.2 Å². The predicted molar refractivity (Wildman–Crippen MR) is 61.6 cm³/mol. The maximum absolute atomic E-state index is 9.87. The second-order valence-corrected chi connectivity index (χ2v) is 4.17. The number of aliphatic hydroxyl groups is 1. The highest BCUT2D eigenvalue weighted by Gasteiger charge is 2.23. The smallest absolute Gasteiger partial charge is 0.182 e. The van der Waals surface area contributed by atoms with Crippen LogP contribution < -0.4 is 0 Å². The summed E-state index contributed by atoms with van der Waals surface area (Å²) in [6, 6.07) is 0. The predicted octanol–water partition coefficient (Wildman–Crippen LogP) is 2.35. The van der Waals surface area contributed by atoms with Crippen LogP contribution in [0.4, 0.5) is 0 Å². The van der Waals surface area contributed by atoms with Gasteiger partial charge in [-0.25, -0.2) is 0 Å². The third kappa shape index (κ3) is 5.92. The molecule has 0 bridgehead atoms. The Labute approximate surface area is 93.1 Å². The molecule has 2 unspecified atom stereocenters. The number of allylic oxidation sites excluding steroid dienone is 2. The van der Waals surface area contributed by atoms with Crippen LogP contribution >= 0.6 is 0 Å². The number of methoxy groups -OCH3 is 2. The third-order valence-electron chi connectivity index (χ3n) is 2.50. The van der Waals surface area contributed by atoms with Gasteiger partial charge in [-0.1, -0.05) is 18.6 Å². The number of hydrogen-bond acceptors (Lipinski definition) is 3. The van der Waals surface area contributed by atoms with Gasteiger partial charge >= 0.3 is 0 Å². The van der Waals surface area contributed by atoms with Gasteiger partial charge in [-0.2, -0.15) is 0 Å². The summed E-state index contributed by atoms with van der Waals surface area (Å²) in [6.07, 6.45) is 3.02. The standard InChI is InChI=1S/C12H24O3/c1-9(2)7-6-8-10(3)11(13)12(14-4)15-5/h7,10-13H,6,8H2,1-5H3. The molecule has 90 valence electrons. The largest absolute Gasteiger partial charge is 0.388 e. The molecule has 0 amide bonds. The molecule has 15 heavy (non-hydrogen) atoms. The molecule has 0 aliphatic carbocycles. The van der Waals surface area contributed by atoms with Crippen LogP contribution in [0, 0.1) is 5.92 Å². The molecular formula is C12H24O3. The fourth-order valence-corrected chi connectivity index (χ4v) is 1.45. The molecular weight excluding hydrogens is 192 g/mol. The van der Waals surface area contributed by atoms with E-state index in [1.807, 2.05) is 6.92 Å². The molecule has 3 nitrogen and oxygen atoms in total. The lowest BCUT2D eigenvalue weighted by molar-refractivity contribution is -0.177. The summed E-state index contributed by atoms with van der Waals surface area (Å²) in [6.45, 7) is 6.16. The number of rotatable bonds is 7. The van der Waals surface area contributed by atoms with Crippen molar-refractivity contribution in [2.45, 2.75) is 46.0 Å². The van der Waals surface area contributed by atoms with Crippen LogP contribution in [-0.2, 0) is 9.47 Å². The molecule has 0 aliphatic heterocycles. The Bertz CT molecular complexity index is 181. The van der Waals surface area contributed by atoms with Crippen molar-refractivity contribution < 1.29 is 14.6 Å². The molecule has 0 aromatic rings. The molecule has 2 atom stereocenters. The zero-order valence-corrected chi connectivity index (χ0v) is 10.5. The molecule has 0 rings (SSSR count). The van der Waals surface area contributed by atoms with E-state index in [4.69, 9.17) is 9.47 Å². The monoisotopic (exact) mass is 216 g/mol. The lowest BCUT2D eigenvalue weighted by Crippen LogP contribution is -2.35. The molecule has 0 saturated heterocycles. The minimum atomic E-state index is -0.564. The van der Waals surface area contributed by atoms with E-state index in [-0.39, 0.29) is 5.92 Å². The van der Waals surface area contributed by atoms with Crippen molar-refractivity contribution in [1.82, 2.24) is 0 Å². The average molecular weight is 216 g/mol. The molecule has 0 aliphatic rings. The van der Waals surface area contributed by atoms with E-state index in [0.717, 1.165) is 12.8 Å². The summed E-state index contributed by atoms with van der Waals surface area (Å²) in [5.41, 5.74) is 1.31.